The fourth-order valence-electron chi connectivity index (χ4n) is 2.26. The number of hydrogen-bond acceptors (Lipinski definition) is 5. The van der Waals surface area contributed by atoms with Crippen LogP contribution in [0.25, 0.3) is 0 Å². The molecule has 6 heteroatoms. The molecule has 0 aromatic heterocycles. The Morgan fingerprint density at radius 1 is 1.30 bits per heavy atom. The van der Waals surface area contributed by atoms with Gasteiger partial charge < -0.3 is 9.74 Å². The van der Waals surface area contributed by atoms with Gasteiger partial charge in [-0.3, -0.25) is 15.3 Å². The van der Waals surface area contributed by atoms with Crippen molar-refractivity contribution in [3.8, 4) is 12.8 Å². The first-order valence-electron chi connectivity index (χ1n) is 8.34. The van der Waals surface area contributed by atoms with Crippen molar-refractivity contribution in [2.45, 2.75) is 65.0 Å². The van der Waals surface area contributed by atoms with Crippen molar-refractivity contribution in [1.29, 1.82) is 0 Å². The number of aliphatic imine (C=N–C) groups is 1. The van der Waals surface area contributed by atoms with Crippen LogP contribution in [0.15, 0.2) is 10.1 Å². The molecule has 0 saturated carbocycles. The van der Waals surface area contributed by atoms with E-state index in [0.717, 1.165) is 30.9 Å². The molecule has 0 aromatic carbocycles. The van der Waals surface area contributed by atoms with Crippen molar-refractivity contribution in [3.63, 3.8) is 0 Å². The average molecular weight is 324 g/mol. The van der Waals surface area contributed by atoms with E-state index in [1.165, 1.54) is 25.7 Å². The fourth-order valence-corrected chi connectivity index (χ4v) is 2.26. The monoisotopic (exact) mass is 324 g/mol. The van der Waals surface area contributed by atoms with Crippen molar-refractivity contribution in [3.05, 3.63) is 0 Å². The standard InChI is InChI=1S/C15H30N4O2.C2H2/c1-5-7-8-9-10-11-13(17-20-4)16-12-15-19(3)14(6-2)18-21-15;1-2/h15H,5-12H2,1-4H3,(H,16,17);1-2H. The molecule has 23 heavy (non-hydrogen) atoms. The summed E-state index contributed by atoms with van der Waals surface area (Å²) in [4.78, 5) is 17.0. The summed E-state index contributed by atoms with van der Waals surface area (Å²) in [5, 5.41) is 4.06. The van der Waals surface area contributed by atoms with Crippen molar-refractivity contribution in [1.82, 2.24) is 10.4 Å². The molecule has 1 aliphatic rings. The number of nitrogens with zero attached hydrogens (tertiary/aromatic N) is 3. The van der Waals surface area contributed by atoms with E-state index in [1.807, 2.05) is 11.9 Å². The lowest BCUT2D eigenvalue weighted by molar-refractivity contribution is 0.0275. The highest BCUT2D eigenvalue weighted by molar-refractivity contribution is 5.83. The Morgan fingerprint density at radius 2 is 2.00 bits per heavy atom. The van der Waals surface area contributed by atoms with Crippen LogP contribution >= 0.6 is 0 Å². The second-order valence-corrected chi connectivity index (χ2v) is 5.29. The molecule has 132 valence electrons. The molecule has 1 heterocycles. The average Bonchev–Trinajstić information content (AvgIpc) is 2.94. The maximum absolute atomic E-state index is 5.39. The van der Waals surface area contributed by atoms with E-state index in [-0.39, 0.29) is 6.23 Å². The number of hydroxylamine groups is 1. The molecular formula is C17H32N4O2. The van der Waals surface area contributed by atoms with Gasteiger partial charge in [0.1, 0.15) is 11.7 Å². The number of hydrogen-bond donors (Lipinski definition) is 1. The summed E-state index contributed by atoms with van der Waals surface area (Å²) in [6, 6.07) is 0. The number of unbranched alkanes of at least 4 members (excludes halogenated alkanes) is 4. The number of nitrogens with one attached hydrogen (secondary N) is 1. The second kappa shape index (κ2) is 13.9. The molecule has 1 atom stereocenters. The van der Waals surface area contributed by atoms with Gasteiger partial charge in [0, 0.05) is 19.9 Å². The Balaban J connectivity index is 0.00000232. The number of oxime groups is 1. The van der Waals surface area contributed by atoms with Crippen LogP contribution in [0.5, 0.6) is 0 Å². The lowest BCUT2D eigenvalue weighted by atomic mass is 10.1. The molecule has 1 aliphatic heterocycles. The van der Waals surface area contributed by atoms with Crippen molar-refractivity contribution < 1.29 is 9.68 Å². The van der Waals surface area contributed by atoms with Crippen LogP contribution in [0, 0.1) is 12.8 Å². The number of likely N-dealkylation sites (N-methyl/N-ethyl adjacent to an activating group) is 1. The largest absolute Gasteiger partial charge is 0.367 e. The molecule has 1 unspecified atom stereocenters. The van der Waals surface area contributed by atoms with Crippen LogP contribution in [0.4, 0.5) is 0 Å². The zero-order chi connectivity index (χ0) is 17.5. The molecule has 1 rings (SSSR count). The number of rotatable bonds is 10. The zero-order valence-corrected chi connectivity index (χ0v) is 15.0. The quantitative estimate of drug-likeness (QED) is 0.220. The Hall–Kier alpha value is -1.74. The van der Waals surface area contributed by atoms with E-state index in [9.17, 15) is 0 Å². The van der Waals surface area contributed by atoms with Gasteiger partial charge in [-0.05, 0) is 6.42 Å². The van der Waals surface area contributed by atoms with E-state index < -0.39 is 0 Å². The molecule has 1 N–H and O–H groups in total. The molecule has 6 nitrogen and oxygen atoms in total. The van der Waals surface area contributed by atoms with Crippen LogP contribution < -0.4 is 5.48 Å². The van der Waals surface area contributed by atoms with E-state index in [4.69, 9.17) is 9.68 Å². The van der Waals surface area contributed by atoms with Crippen LogP contribution in [0.1, 0.15) is 58.8 Å². The summed E-state index contributed by atoms with van der Waals surface area (Å²) in [6.45, 7) is 4.85. The highest BCUT2D eigenvalue weighted by Gasteiger charge is 2.24. The maximum Gasteiger partial charge on any atom is 0.220 e. The SMILES string of the molecule is C#C.CCCCCCCC(=NCC1ON=C(CC)N1C)NOC. The van der Waals surface area contributed by atoms with Gasteiger partial charge in [0.15, 0.2) is 0 Å². The van der Waals surface area contributed by atoms with Gasteiger partial charge in [-0.15, -0.1) is 12.8 Å². The van der Waals surface area contributed by atoms with Crippen molar-refractivity contribution in [2.24, 2.45) is 10.1 Å². The molecule has 0 amide bonds. The molecule has 0 bridgehead atoms. The van der Waals surface area contributed by atoms with Crippen LogP contribution in [0.3, 0.4) is 0 Å². The summed E-state index contributed by atoms with van der Waals surface area (Å²) < 4.78 is 0. The van der Waals surface area contributed by atoms with Gasteiger partial charge in [-0.25, -0.2) is 0 Å². The summed E-state index contributed by atoms with van der Waals surface area (Å²) in [6.07, 6.45) is 15.9. The van der Waals surface area contributed by atoms with Crippen LogP contribution in [-0.2, 0) is 9.68 Å². The highest BCUT2D eigenvalue weighted by atomic mass is 16.7. The minimum Gasteiger partial charge on any atom is -0.367 e. The maximum atomic E-state index is 5.39. The molecule has 0 aliphatic carbocycles. The predicted molar refractivity (Wildman–Crippen MR) is 96.1 cm³/mol. The Labute approximate surface area is 141 Å². The first-order chi connectivity index (χ1) is 11.2. The smallest absolute Gasteiger partial charge is 0.220 e. The third-order valence-corrected chi connectivity index (χ3v) is 3.61. The molecule has 0 fully saturated rings. The molecular weight excluding hydrogens is 292 g/mol. The van der Waals surface area contributed by atoms with Crippen LogP contribution in [0.2, 0.25) is 0 Å². The summed E-state index contributed by atoms with van der Waals surface area (Å²) in [5.74, 6) is 1.85. The van der Waals surface area contributed by atoms with Crippen molar-refractivity contribution in [2.75, 3.05) is 20.7 Å². The third kappa shape index (κ3) is 8.46. The minimum atomic E-state index is -0.103. The van der Waals surface area contributed by atoms with Gasteiger partial charge in [-0.1, -0.05) is 44.7 Å². The summed E-state index contributed by atoms with van der Waals surface area (Å²) in [5.41, 5.74) is 2.88. The minimum absolute atomic E-state index is 0.103. The molecule has 0 aromatic rings. The topological polar surface area (TPSA) is 58.5 Å². The molecule has 0 radical (unpaired) electrons. The number of amidine groups is 2. The lowest BCUT2D eigenvalue weighted by Crippen LogP contribution is -2.35. The van der Waals surface area contributed by atoms with E-state index in [0.29, 0.717) is 6.54 Å². The van der Waals surface area contributed by atoms with E-state index in [2.05, 4.69) is 42.3 Å². The van der Waals surface area contributed by atoms with E-state index >= 15 is 0 Å². The normalized spacial score (nSPS) is 17.1. The first kappa shape index (κ1) is 21.3. The zero-order valence-electron chi connectivity index (χ0n) is 15.0. The highest BCUT2D eigenvalue weighted by Crippen LogP contribution is 2.12. The molecule has 0 spiro atoms. The lowest BCUT2D eigenvalue weighted by Gasteiger charge is -2.18. The number of terminal acetylenes is 1. The van der Waals surface area contributed by atoms with Gasteiger partial charge in [0.25, 0.3) is 0 Å². The Kier molecular flexibility index (Phi) is 12.8. The molecule has 0 saturated heterocycles. The Morgan fingerprint density at radius 3 is 2.57 bits per heavy atom. The summed E-state index contributed by atoms with van der Waals surface area (Å²) in [7, 11) is 3.60. The van der Waals surface area contributed by atoms with Gasteiger partial charge in [-0.2, -0.15) is 0 Å². The van der Waals surface area contributed by atoms with Crippen LogP contribution in [-0.4, -0.2) is 43.5 Å². The first-order valence-corrected chi connectivity index (χ1v) is 8.34. The Bertz CT molecular complexity index is 380. The predicted octanol–water partition coefficient (Wildman–Crippen LogP) is 3.16. The third-order valence-electron chi connectivity index (χ3n) is 3.61. The van der Waals surface area contributed by atoms with Gasteiger partial charge >= 0.3 is 0 Å². The van der Waals surface area contributed by atoms with Gasteiger partial charge in [0.2, 0.25) is 6.23 Å². The summed E-state index contributed by atoms with van der Waals surface area (Å²) >= 11 is 0. The van der Waals surface area contributed by atoms with E-state index in [1.54, 1.807) is 7.11 Å². The second-order valence-electron chi connectivity index (χ2n) is 5.29. The van der Waals surface area contributed by atoms with Gasteiger partial charge in [0.05, 0.1) is 13.7 Å². The van der Waals surface area contributed by atoms with Crippen molar-refractivity contribution >= 4 is 11.7 Å². The fraction of sp³-hybridized carbons (Fsp3) is 0.765.